The first-order valence-corrected chi connectivity index (χ1v) is 7.39. The summed E-state index contributed by atoms with van der Waals surface area (Å²) < 4.78 is 5.59. The van der Waals surface area contributed by atoms with Crippen LogP contribution in [0.5, 0.6) is 5.75 Å². The molecule has 1 heterocycles. The lowest BCUT2D eigenvalue weighted by Crippen LogP contribution is -2.10. The zero-order chi connectivity index (χ0) is 14.2. The van der Waals surface area contributed by atoms with Crippen molar-refractivity contribution in [3.05, 3.63) is 35.3 Å². The normalized spacial score (nSPS) is 10.2. The van der Waals surface area contributed by atoms with Gasteiger partial charge in [0.05, 0.1) is 6.61 Å². The van der Waals surface area contributed by atoms with E-state index in [4.69, 9.17) is 4.74 Å². The molecular formula is C14H17N3O2S. The first-order valence-electron chi connectivity index (χ1n) is 6.58. The highest BCUT2D eigenvalue weighted by molar-refractivity contribution is 7.15. The number of amides is 1. The van der Waals surface area contributed by atoms with Gasteiger partial charge in [0.2, 0.25) is 11.0 Å². The third-order valence-electron chi connectivity index (χ3n) is 2.52. The molecule has 5 nitrogen and oxygen atoms in total. The van der Waals surface area contributed by atoms with Gasteiger partial charge in [-0.3, -0.25) is 4.79 Å². The maximum atomic E-state index is 11.4. The zero-order valence-electron chi connectivity index (χ0n) is 11.3. The van der Waals surface area contributed by atoms with Gasteiger partial charge in [0.1, 0.15) is 10.8 Å². The average Bonchev–Trinajstić information content (AvgIpc) is 2.88. The van der Waals surface area contributed by atoms with Crippen LogP contribution >= 0.6 is 11.3 Å². The number of hydrogen-bond donors (Lipinski definition) is 1. The number of nitrogens with one attached hydrogen (secondary N) is 1. The van der Waals surface area contributed by atoms with Crippen LogP contribution in [0.3, 0.4) is 0 Å². The third-order valence-corrected chi connectivity index (χ3v) is 3.42. The summed E-state index contributed by atoms with van der Waals surface area (Å²) in [5, 5.41) is 12.1. The van der Waals surface area contributed by atoms with Gasteiger partial charge in [-0.15, -0.1) is 10.2 Å². The van der Waals surface area contributed by atoms with Crippen LogP contribution in [0.2, 0.25) is 0 Å². The Bertz CT molecular complexity index is 542. The lowest BCUT2D eigenvalue weighted by Gasteiger charge is -2.03. The second-order valence-electron chi connectivity index (χ2n) is 4.21. The van der Waals surface area contributed by atoms with Gasteiger partial charge in [-0.2, -0.15) is 0 Å². The predicted molar refractivity (Wildman–Crippen MR) is 79.1 cm³/mol. The van der Waals surface area contributed by atoms with E-state index in [9.17, 15) is 4.79 Å². The van der Waals surface area contributed by atoms with Crippen LogP contribution in [0, 0.1) is 0 Å². The second-order valence-corrected chi connectivity index (χ2v) is 5.27. The molecule has 0 saturated heterocycles. The molecule has 20 heavy (non-hydrogen) atoms. The molecule has 1 aromatic carbocycles. The van der Waals surface area contributed by atoms with Gasteiger partial charge in [0.25, 0.3) is 0 Å². The molecule has 0 aliphatic rings. The van der Waals surface area contributed by atoms with Gasteiger partial charge < -0.3 is 10.1 Å². The van der Waals surface area contributed by atoms with Crippen molar-refractivity contribution in [1.29, 1.82) is 0 Å². The van der Waals surface area contributed by atoms with Gasteiger partial charge in [0.15, 0.2) is 0 Å². The molecular weight excluding hydrogens is 274 g/mol. The van der Waals surface area contributed by atoms with E-state index in [0.29, 0.717) is 24.6 Å². The van der Waals surface area contributed by atoms with Crippen LogP contribution in [0.15, 0.2) is 30.3 Å². The van der Waals surface area contributed by atoms with Crippen molar-refractivity contribution in [3.63, 3.8) is 0 Å². The number of hydrogen-bond acceptors (Lipinski definition) is 5. The number of benzene rings is 1. The SMILES string of the molecule is CCCC(=O)Nc1nnc(CCOc2ccccc2)s1. The summed E-state index contributed by atoms with van der Waals surface area (Å²) in [4.78, 5) is 11.4. The Morgan fingerprint density at radius 2 is 2.10 bits per heavy atom. The van der Waals surface area contributed by atoms with Crippen LogP contribution < -0.4 is 10.1 Å². The Hall–Kier alpha value is -1.95. The number of aromatic nitrogens is 2. The average molecular weight is 291 g/mol. The van der Waals surface area contributed by atoms with Gasteiger partial charge in [-0.25, -0.2) is 0 Å². The molecule has 0 fully saturated rings. The Kier molecular flexibility index (Phi) is 5.49. The first-order chi connectivity index (χ1) is 9.78. The van der Waals surface area contributed by atoms with Crippen LogP contribution in [0.4, 0.5) is 5.13 Å². The predicted octanol–water partition coefficient (Wildman–Crippen LogP) is 2.90. The van der Waals surface area contributed by atoms with Crippen LogP contribution in [0.1, 0.15) is 24.8 Å². The summed E-state index contributed by atoms with van der Waals surface area (Å²) in [5.74, 6) is 0.823. The molecule has 1 amide bonds. The smallest absolute Gasteiger partial charge is 0.226 e. The molecule has 0 spiro atoms. The third kappa shape index (κ3) is 4.62. The van der Waals surface area contributed by atoms with Crippen molar-refractivity contribution in [3.8, 4) is 5.75 Å². The number of para-hydroxylation sites is 1. The van der Waals surface area contributed by atoms with Gasteiger partial charge in [0, 0.05) is 12.8 Å². The molecule has 0 saturated carbocycles. The van der Waals surface area contributed by atoms with Crippen molar-refractivity contribution >= 4 is 22.4 Å². The Balaban J connectivity index is 1.77. The van der Waals surface area contributed by atoms with Crippen molar-refractivity contribution in [2.75, 3.05) is 11.9 Å². The van der Waals surface area contributed by atoms with Crippen molar-refractivity contribution in [2.45, 2.75) is 26.2 Å². The minimum atomic E-state index is -0.0178. The molecule has 2 aromatic rings. The van der Waals surface area contributed by atoms with Gasteiger partial charge in [-0.05, 0) is 18.6 Å². The molecule has 6 heteroatoms. The molecule has 0 bridgehead atoms. The lowest BCUT2D eigenvalue weighted by molar-refractivity contribution is -0.116. The molecule has 0 aliphatic carbocycles. The summed E-state index contributed by atoms with van der Waals surface area (Å²) in [6, 6.07) is 9.64. The molecule has 0 aliphatic heterocycles. The molecule has 1 N–H and O–H groups in total. The van der Waals surface area contributed by atoms with Crippen LogP contribution in [-0.2, 0) is 11.2 Å². The van der Waals surface area contributed by atoms with Crippen LogP contribution in [-0.4, -0.2) is 22.7 Å². The second kappa shape index (κ2) is 7.59. The Morgan fingerprint density at radius 3 is 2.85 bits per heavy atom. The number of carbonyl (C=O) groups is 1. The maximum absolute atomic E-state index is 11.4. The molecule has 2 rings (SSSR count). The number of ether oxygens (including phenoxy) is 1. The van der Waals surface area contributed by atoms with E-state index in [0.717, 1.165) is 17.2 Å². The molecule has 106 valence electrons. The number of rotatable bonds is 7. The monoisotopic (exact) mass is 291 g/mol. The molecule has 0 atom stereocenters. The van der Waals surface area contributed by atoms with Gasteiger partial charge >= 0.3 is 0 Å². The fraction of sp³-hybridized carbons (Fsp3) is 0.357. The van der Waals surface area contributed by atoms with Crippen LogP contribution in [0.25, 0.3) is 0 Å². The molecule has 1 aromatic heterocycles. The molecule has 0 radical (unpaired) electrons. The highest BCUT2D eigenvalue weighted by Gasteiger charge is 2.07. The van der Waals surface area contributed by atoms with Gasteiger partial charge in [-0.1, -0.05) is 36.5 Å². The first kappa shape index (κ1) is 14.5. The molecule has 0 unspecified atom stereocenters. The minimum Gasteiger partial charge on any atom is -0.493 e. The highest BCUT2D eigenvalue weighted by Crippen LogP contribution is 2.16. The van der Waals surface area contributed by atoms with Crippen molar-refractivity contribution in [1.82, 2.24) is 10.2 Å². The summed E-state index contributed by atoms with van der Waals surface area (Å²) in [6.45, 7) is 2.51. The quantitative estimate of drug-likeness (QED) is 0.852. The Morgan fingerprint density at radius 1 is 1.30 bits per heavy atom. The summed E-state index contributed by atoms with van der Waals surface area (Å²) in [7, 11) is 0. The van der Waals surface area contributed by atoms with Crippen molar-refractivity contribution < 1.29 is 9.53 Å². The van der Waals surface area contributed by atoms with E-state index >= 15 is 0 Å². The largest absolute Gasteiger partial charge is 0.493 e. The number of carbonyl (C=O) groups excluding carboxylic acids is 1. The van der Waals surface area contributed by atoms with E-state index in [-0.39, 0.29) is 5.91 Å². The maximum Gasteiger partial charge on any atom is 0.226 e. The van der Waals surface area contributed by atoms with E-state index < -0.39 is 0 Å². The summed E-state index contributed by atoms with van der Waals surface area (Å²) in [6.07, 6.45) is 2.00. The fourth-order valence-corrected chi connectivity index (χ4v) is 2.32. The Labute approximate surface area is 122 Å². The minimum absolute atomic E-state index is 0.0178. The van der Waals surface area contributed by atoms with Crippen molar-refractivity contribution in [2.24, 2.45) is 0 Å². The summed E-state index contributed by atoms with van der Waals surface area (Å²) >= 11 is 1.39. The standard InChI is InChI=1S/C14H17N3O2S/c1-2-6-12(18)15-14-17-16-13(20-14)9-10-19-11-7-4-3-5-8-11/h3-5,7-8H,2,6,9-10H2,1H3,(H,15,17,18). The van der Waals surface area contributed by atoms with E-state index in [2.05, 4.69) is 15.5 Å². The highest BCUT2D eigenvalue weighted by atomic mass is 32.1. The fourth-order valence-electron chi connectivity index (χ4n) is 1.59. The lowest BCUT2D eigenvalue weighted by atomic mass is 10.3. The van der Waals surface area contributed by atoms with E-state index in [1.165, 1.54) is 11.3 Å². The number of anilines is 1. The van der Waals surface area contributed by atoms with E-state index in [1.54, 1.807) is 0 Å². The topological polar surface area (TPSA) is 64.1 Å². The summed E-state index contributed by atoms with van der Waals surface area (Å²) in [5.41, 5.74) is 0. The number of nitrogens with zero attached hydrogens (tertiary/aromatic N) is 2. The van der Waals surface area contributed by atoms with E-state index in [1.807, 2.05) is 37.3 Å². The zero-order valence-corrected chi connectivity index (χ0v) is 12.2.